The van der Waals surface area contributed by atoms with Crippen molar-refractivity contribution in [2.24, 2.45) is 13.0 Å². The van der Waals surface area contributed by atoms with Gasteiger partial charge in [-0.05, 0) is 178 Å². The second-order valence-electron chi connectivity index (χ2n) is 23.5. The number of aryl methyl sites for hydroxylation is 3. The molecule has 8 aromatic heterocycles. The van der Waals surface area contributed by atoms with Crippen LogP contribution in [-0.2, 0) is 51.5 Å². The summed E-state index contributed by atoms with van der Waals surface area (Å²) in [4.78, 5) is 79.3. The number of nitrogens with one attached hydrogen (secondary N) is 7. The van der Waals surface area contributed by atoms with Gasteiger partial charge >= 0.3 is 12.4 Å². The average Bonchev–Trinajstić information content (AvgIpc) is 1.77. The summed E-state index contributed by atoms with van der Waals surface area (Å²) in [6.07, 6.45) is -2.20. The molecule has 0 radical (unpaired) electrons. The van der Waals surface area contributed by atoms with Crippen LogP contribution in [0, 0.1) is 17.6 Å². The molecule has 1 saturated heterocycles. The van der Waals surface area contributed by atoms with E-state index < -0.39 is 29.2 Å². The van der Waals surface area contributed by atoms with Gasteiger partial charge in [0.05, 0.1) is 61.3 Å². The number of nitrogens with zero attached hydrogens (tertiary/aromatic N) is 8. The third-order valence-electron chi connectivity index (χ3n) is 17.1. The van der Waals surface area contributed by atoms with E-state index in [1.165, 1.54) is 61.1 Å². The highest BCUT2D eigenvalue weighted by Gasteiger charge is 2.33. The van der Waals surface area contributed by atoms with Crippen LogP contribution in [0.5, 0.6) is 0 Å². The van der Waals surface area contributed by atoms with E-state index in [2.05, 4.69) is 55.5 Å². The molecule has 15 rings (SSSR count). The summed E-state index contributed by atoms with van der Waals surface area (Å²) in [6.45, 7) is 1.78. The van der Waals surface area contributed by atoms with Gasteiger partial charge in [-0.1, -0.05) is 72.8 Å². The molecule has 0 unspecified atom stereocenters. The van der Waals surface area contributed by atoms with E-state index in [-0.39, 0.29) is 40.7 Å². The van der Waals surface area contributed by atoms with Gasteiger partial charge in [-0.3, -0.25) is 39.5 Å². The van der Waals surface area contributed by atoms with Crippen molar-refractivity contribution in [3.8, 4) is 51.6 Å². The van der Waals surface area contributed by atoms with Crippen LogP contribution in [0.25, 0.3) is 84.7 Å². The number of alkyl halides is 6. The molecule has 27 heteroatoms. The Kier molecular flexibility index (Phi) is 18.0. The molecule has 7 N–H and O–H groups in total. The number of imidazole rings is 3. The number of hydrogen-bond donors (Lipinski definition) is 7. The second-order valence-corrected chi connectivity index (χ2v) is 23.5. The van der Waals surface area contributed by atoms with Crippen molar-refractivity contribution in [2.45, 2.75) is 57.3 Å². The number of fused-ring (bicyclic) bond motifs is 3. The zero-order chi connectivity index (χ0) is 68.4. The Morgan fingerprint density at radius 3 is 1.35 bits per heavy atom. The van der Waals surface area contributed by atoms with Crippen LogP contribution in [0.1, 0.15) is 51.9 Å². The number of halogens is 8. The van der Waals surface area contributed by atoms with Crippen molar-refractivity contribution in [2.75, 3.05) is 13.1 Å². The lowest BCUT2D eigenvalue weighted by atomic mass is 9.90. The molecular weight excluding hydrogens is 1280 g/mol. The smallest absolute Gasteiger partial charge is 0.322 e. The van der Waals surface area contributed by atoms with Gasteiger partial charge < -0.3 is 24.8 Å². The number of benzene rings is 6. The number of aromatic amines is 6. The molecule has 0 saturated carbocycles. The van der Waals surface area contributed by atoms with Crippen molar-refractivity contribution in [3.63, 3.8) is 0 Å². The molecule has 0 spiro atoms. The van der Waals surface area contributed by atoms with E-state index in [0.717, 1.165) is 89.0 Å². The fraction of sp³-hybridized carbons (Fsp3) is 0.183. The maximum Gasteiger partial charge on any atom is 0.433 e. The normalized spacial score (nSPS) is 12.9. The van der Waals surface area contributed by atoms with Crippen LogP contribution < -0.4 is 27.6 Å². The molecule has 0 amide bonds. The number of hydrogen-bond acceptors (Lipinski definition) is 9. The van der Waals surface area contributed by atoms with Crippen LogP contribution >= 0.6 is 0 Å². The quantitative estimate of drug-likeness (QED) is 0.0511. The summed E-state index contributed by atoms with van der Waals surface area (Å²) in [6, 6.07) is 44.8. The number of H-pyrrole nitrogens is 6. The van der Waals surface area contributed by atoms with E-state index in [0.29, 0.717) is 99.5 Å². The van der Waals surface area contributed by atoms with Gasteiger partial charge in [0.2, 0.25) is 17.8 Å². The molecule has 0 aliphatic carbocycles. The van der Waals surface area contributed by atoms with Crippen molar-refractivity contribution >= 4 is 33.1 Å². The number of pyridine rings is 2. The first-order chi connectivity index (χ1) is 47.2. The summed E-state index contributed by atoms with van der Waals surface area (Å²) >= 11 is 0. The van der Waals surface area contributed by atoms with E-state index >= 15 is 0 Å². The van der Waals surface area contributed by atoms with E-state index in [4.69, 9.17) is 0 Å². The molecule has 1 fully saturated rings. The highest BCUT2D eigenvalue weighted by molar-refractivity contribution is 5.78. The van der Waals surface area contributed by atoms with Gasteiger partial charge in [0.15, 0.2) is 0 Å². The lowest BCUT2D eigenvalue weighted by Crippen LogP contribution is -2.30. The number of rotatable bonds is 14. The standard InChI is InChI=1S/C24H17F4N5O.C24H20FN5O2.C23H22F3N5O/c25-16-9-5-14(6-10-16)7-11-17-21(15-8-12-20(29-13-15)24(26,27)28)32-33(22(17)34)23-30-18-3-1-2-4-19(18)31-23;1-29-14-4-5-17(22(29)31)21-18(13-10-15-8-11-16(25)12-9-15)23(32)30(28-21)24-26-19-6-2-3-7-20(19)27-24;24-23(25,26)16-7-5-15(6-8-16)20-17(13-14-9-11-27-12-10-14)21(32)31(30-20)22-28-18-3-1-2-4-19(18)29-22/h1-6,8-10,12-13,32H,7,11H2,(H,30,31);2-9,11-12,14,28H,10,13H2,1H3,(H,26,27);1-8,14,27,30H,9-13H2,(H,28,29). The fourth-order valence-corrected chi connectivity index (χ4v) is 11.9. The predicted molar refractivity (Wildman–Crippen MR) is 354 cm³/mol. The van der Waals surface area contributed by atoms with Gasteiger partial charge in [-0.25, -0.2) is 23.7 Å². The van der Waals surface area contributed by atoms with Gasteiger partial charge in [-0.15, -0.1) is 0 Å². The molecule has 0 bridgehead atoms. The van der Waals surface area contributed by atoms with Gasteiger partial charge in [0, 0.05) is 41.7 Å². The first-order valence-electron chi connectivity index (χ1n) is 31.1. The van der Waals surface area contributed by atoms with Crippen LogP contribution in [0.3, 0.4) is 0 Å². The van der Waals surface area contributed by atoms with Crippen molar-refractivity contribution < 1.29 is 35.1 Å². The Morgan fingerprint density at radius 2 is 0.898 bits per heavy atom. The molecule has 14 aromatic rings. The third kappa shape index (κ3) is 13.9. The summed E-state index contributed by atoms with van der Waals surface area (Å²) in [5.74, 6) is 0.599. The predicted octanol–water partition coefficient (Wildman–Crippen LogP) is 12.6. The summed E-state index contributed by atoms with van der Waals surface area (Å²) in [5, 5.41) is 12.5. The van der Waals surface area contributed by atoms with Crippen LogP contribution in [-0.4, -0.2) is 81.9 Å². The minimum absolute atomic E-state index is 0.214. The fourth-order valence-electron chi connectivity index (χ4n) is 11.9. The summed E-state index contributed by atoms with van der Waals surface area (Å²) < 4.78 is 110. The van der Waals surface area contributed by atoms with Gasteiger partial charge in [-0.2, -0.15) is 40.4 Å². The first-order valence-corrected chi connectivity index (χ1v) is 31.1. The molecule has 98 heavy (non-hydrogen) atoms. The summed E-state index contributed by atoms with van der Waals surface area (Å²) in [5.41, 5.74) is 7.24. The van der Waals surface area contributed by atoms with Crippen LogP contribution in [0.15, 0.2) is 201 Å². The number of aromatic nitrogens is 14. The Labute approximate surface area is 549 Å². The lowest BCUT2D eigenvalue weighted by molar-refractivity contribution is -0.141. The average molecular weight is 1340 g/mol. The third-order valence-corrected chi connectivity index (χ3v) is 17.1. The van der Waals surface area contributed by atoms with E-state index in [1.54, 1.807) is 55.7 Å². The minimum atomic E-state index is -4.57. The minimum Gasteiger partial charge on any atom is -0.322 e. The Morgan fingerprint density at radius 1 is 0.459 bits per heavy atom. The summed E-state index contributed by atoms with van der Waals surface area (Å²) in [7, 11) is 1.67. The van der Waals surface area contributed by atoms with Crippen molar-refractivity contribution in [1.82, 2.24) is 74.1 Å². The van der Waals surface area contributed by atoms with Gasteiger partial charge in [0.1, 0.15) is 17.3 Å². The topological polar surface area (TPSA) is 246 Å². The molecule has 0 atom stereocenters. The number of para-hydroxylation sites is 6. The molecule has 498 valence electrons. The zero-order valence-corrected chi connectivity index (χ0v) is 52.0. The Bertz CT molecular complexity index is 5310. The van der Waals surface area contributed by atoms with Crippen LogP contribution in [0.2, 0.25) is 0 Å². The van der Waals surface area contributed by atoms with E-state index in [1.807, 2.05) is 66.7 Å². The molecule has 9 heterocycles. The maximum absolute atomic E-state index is 13.4. The lowest BCUT2D eigenvalue weighted by Gasteiger charge is -2.22. The zero-order valence-electron chi connectivity index (χ0n) is 52.0. The monoisotopic (exact) mass is 1340 g/mol. The molecule has 1 aliphatic heterocycles. The molecule has 1 aliphatic rings. The largest absolute Gasteiger partial charge is 0.433 e. The molecule has 6 aromatic carbocycles. The van der Waals surface area contributed by atoms with Crippen molar-refractivity contribution in [1.29, 1.82) is 0 Å². The molecule has 19 nitrogen and oxygen atoms in total. The number of piperidine rings is 1. The highest BCUT2D eigenvalue weighted by Crippen LogP contribution is 2.34. The SMILES string of the molecule is Cn1cccc(-c2[nH]n(-c3nc4ccccc4[nH]3)c(=O)c2CCc2ccc(F)cc2)c1=O.O=c1c(CC2CCNCC2)c(-c2ccc(C(F)(F)F)cc2)[nH]n1-c1nc2ccccc2[nH]1.O=c1c(CCc2ccc(F)cc2)c(-c2ccc(C(F)(F)F)nc2)[nH]n1-c1nc2ccccc2[nH]1. The van der Waals surface area contributed by atoms with Crippen molar-refractivity contribution in [3.05, 3.63) is 274 Å². The van der Waals surface area contributed by atoms with E-state index in [9.17, 15) is 54.3 Å². The maximum atomic E-state index is 13.4. The Balaban J connectivity index is 0.000000132. The van der Waals surface area contributed by atoms with Gasteiger partial charge in [0.25, 0.3) is 22.2 Å². The molecular formula is C71H59F8N15O4. The Hall–Kier alpha value is -11.7. The highest BCUT2D eigenvalue weighted by atomic mass is 19.4. The van der Waals surface area contributed by atoms with Crippen LogP contribution in [0.4, 0.5) is 35.1 Å². The second kappa shape index (κ2) is 27.2. The first kappa shape index (κ1) is 64.9.